The van der Waals surface area contributed by atoms with Crippen molar-refractivity contribution in [3.8, 4) is 5.75 Å². The molecule has 2 aromatic rings. The van der Waals surface area contributed by atoms with Gasteiger partial charge in [0.2, 0.25) is 5.91 Å². The van der Waals surface area contributed by atoms with Crippen molar-refractivity contribution < 1.29 is 23.1 Å². The quantitative estimate of drug-likeness (QED) is 0.268. The molecule has 3 N–H and O–H groups in total. The molecule has 0 spiro atoms. The van der Waals surface area contributed by atoms with Gasteiger partial charge in [0.15, 0.2) is 0 Å². The highest BCUT2D eigenvalue weighted by Crippen LogP contribution is 2.37. The van der Waals surface area contributed by atoms with Gasteiger partial charge in [-0.05, 0) is 73.9 Å². The summed E-state index contributed by atoms with van der Waals surface area (Å²) in [6.45, 7) is 16.0. The van der Waals surface area contributed by atoms with Crippen LogP contribution in [0.25, 0.3) is 0 Å². The summed E-state index contributed by atoms with van der Waals surface area (Å²) in [5.74, 6) is -0.834. The molecule has 0 unspecified atom stereocenters. The number of nitrogens with zero attached hydrogens (tertiary/aromatic N) is 1. The number of aromatic hydroxyl groups is 1. The number of sulfonamides is 1. The first-order valence-corrected chi connectivity index (χ1v) is 14.9. The largest absolute Gasteiger partial charge is 0.507 e. The second-order valence-corrected chi connectivity index (χ2v) is 11.8. The minimum absolute atomic E-state index is 0.00379. The molecule has 0 aliphatic heterocycles. The molecule has 0 aliphatic carbocycles. The van der Waals surface area contributed by atoms with Crippen molar-refractivity contribution in [3.63, 3.8) is 0 Å². The summed E-state index contributed by atoms with van der Waals surface area (Å²) in [5, 5.41) is 13.4. The van der Waals surface area contributed by atoms with Gasteiger partial charge in [-0.3, -0.25) is 14.3 Å². The zero-order valence-electron chi connectivity index (χ0n) is 23.9. The standard InChI is InChI=1S/C29H43N3O5S/c1-9-12-13-26(33)30-25-16-21(18(4)5)15-23(19(6)7)28(25)38(36,37)31-22-14-20(8)27(34)24(17-22)29(35)32(10-2)11-3/h14-19,31,34H,9-13H2,1-8H3,(H,30,33). The monoisotopic (exact) mass is 545 g/mol. The number of nitrogens with one attached hydrogen (secondary N) is 2. The molecule has 0 radical (unpaired) electrons. The van der Waals surface area contributed by atoms with Gasteiger partial charge in [-0.2, -0.15) is 0 Å². The Bertz CT molecular complexity index is 1270. The number of rotatable bonds is 12. The predicted molar refractivity (Wildman–Crippen MR) is 154 cm³/mol. The van der Waals surface area contributed by atoms with Crippen molar-refractivity contribution in [1.82, 2.24) is 4.90 Å². The van der Waals surface area contributed by atoms with E-state index in [1.165, 1.54) is 12.1 Å². The van der Waals surface area contributed by atoms with Crippen LogP contribution in [0.1, 0.15) is 107 Å². The van der Waals surface area contributed by atoms with Crippen LogP contribution in [0.5, 0.6) is 5.75 Å². The van der Waals surface area contributed by atoms with Crippen molar-refractivity contribution in [1.29, 1.82) is 0 Å². The SMILES string of the molecule is CCCCC(=O)Nc1cc(C(C)C)cc(C(C)C)c1S(=O)(=O)Nc1cc(C)c(O)c(C(=O)N(CC)CC)c1. The van der Waals surface area contributed by atoms with Gasteiger partial charge in [-0.15, -0.1) is 0 Å². The molecule has 0 saturated carbocycles. The summed E-state index contributed by atoms with van der Waals surface area (Å²) in [6, 6.07) is 6.45. The minimum atomic E-state index is -4.20. The van der Waals surface area contributed by atoms with Crippen LogP contribution in [-0.2, 0) is 14.8 Å². The molecular weight excluding hydrogens is 502 g/mol. The number of carbonyl (C=O) groups excluding carboxylic acids is 2. The van der Waals surface area contributed by atoms with Gasteiger partial charge in [0.05, 0.1) is 16.9 Å². The number of carbonyl (C=O) groups is 2. The van der Waals surface area contributed by atoms with Gasteiger partial charge in [-0.25, -0.2) is 8.42 Å². The average Bonchev–Trinajstić information content (AvgIpc) is 2.84. The van der Waals surface area contributed by atoms with E-state index in [1.807, 2.05) is 54.5 Å². The summed E-state index contributed by atoms with van der Waals surface area (Å²) in [4.78, 5) is 27.3. The molecule has 0 bridgehead atoms. The smallest absolute Gasteiger partial charge is 0.264 e. The predicted octanol–water partition coefficient (Wildman–Crippen LogP) is 6.36. The van der Waals surface area contributed by atoms with Gasteiger partial charge in [-0.1, -0.05) is 47.1 Å². The first-order chi connectivity index (χ1) is 17.8. The fraction of sp³-hybridized carbons (Fsp3) is 0.517. The molecule has 9 heteroatoms. The van der Waals surface area contributed by atoms with Crippen molar-refractivity contribution in [3.05, 3.63) is 46.5 Å². The second kappa shape index (κ2) is 13.1. The van der Waals surface area contributed by atoms with E-state index in [2.05, 4.69) is 10.0 Å². The molecule has 2 aromatic carbocycles. The molecule has 8 nitrogen and oxygen atoms in total. The Morgan fingerprint density at radius 2 is 1.61 bits per heavy atom. The Kier molecular flexibility index (Phi) is 10.8. The number of benzene rings is 2. The minimum Gasteiger partial charge on any atom is -0.507 e. The van der Waals surface area contributed by atoms with Gasteiger partial charge < -0.3 is 15.3 Å². The molecule has 0 atom stereocenters. The third-order valence-electron chi connectivity index (χ3n) is 6.56. The molecule has 2 amide bonds. The molecule has 0 aliphatic rings. The summed E-state index contributed by atoms with van der Waals surface area (Å²) < 4.78 is 30.5. The Morgan fingerprint density at radius 1 is 0.974 bits per heavy atom. The van der Waals surface area contributed by atoms with Crippen LogP contribution >= 0.6 is 0 Å². The van der Waals surface area contributed by atoms with E-state index in [0.29, 0.717) is 37.1 Å². The highest BCUT2D eigenvalue weighted by molar-refractivity contribution is 7.93. The van der Waals surface area contributed by atoms with Gasteiger partial charge in [0.1, 0.15) is 10.6 Å². The lowest BCUT2D eigenvalue weighted by Gasteiger charge is -2.23. The summed E-state index contributed by atoms with van der Waals surface area (Å²) in [5.41, 5.74) is 2.30. The van der Waals surface area contributed by atoms with Crippen LogP contribution in [0, 0.1) is 6.92 Å². The Balaban J connectivity index is 2.68. The number of anilines is 2. The highest BCUT2D eigenvalue weighted by Gasteiger charge is 2.28. The van der Waals surface area contributed by atoms with Crippen LogP contribution in [0.3, 0.4) is 0 Å². The number of phenolic OH excluding ortho intramolecular Hbond substituents is 1. The number of unbranched alkanes of at least 4 members (excludes halogenated alkanes) is 1. The highest BCUT2D eigenvalue weighted by atomic mass is 32.2. The van der Waals surface area contributed by atoms with E-state index < -0.39 is 10.0 Å². The van der Waals surface area contributed by atoms with Crippen LogP contribution < -0.4 is 10.0 Å². The summed E-state index contributed by atoms with van der Waals surface area (Å²) >= 11 is 0. The van der Waals surface area contributed by atoms with E-state index in [1.54, 1.807) is 17.9 Å². The number of hydrogen-bond donors (Lipinski definition) is 3. The third kappa shape index (κ3) is 7.28. The summed E-state index contributed by atoms with van der Waals surface area (Å²) in [6.07, 6.45) is 1.84. The third-order valence-corrected chi connectivity index (χ3v) is 8.06. The van der Waals surface area contributed by atoms with Crippen molar-refractivity contribution in [2.75, 3.05) is 23.1 Å². The van der Waals surface area contributed by atoms with Crippen molar-refractivity contribution >= 4 is 33.2 Å². The Labute approximate surface area is 227 Å². The number of phenols is 1. The normalized spacial score (nSPS) is 11.6. The molecule has 2 rings (SSSR count). The fourth-order valence-electron chi connectivity index (χ4n) is 4.27. The Hall–Kier alpha value is -3.07. The van der Waals surface area contributed by atoms with Crippen molar-refractivity contribution in [2.24, 2.45) is 0 Å². The maximum absolute atomic E-state index is 13.9. The fourth-order valence-corrected chi connectivity index (χ4v) is 5.80. The number of hydrogen-bond acceptors (Lipinski definition) is 5. The average molecular weight is 546 g/mol. The number of aryl methyl sites for hydroxylation is 1. The molecular formula is C29H43N3O5S. The number of amides is 2. The lowest BCUT2D eigenvalue weighted by molar-refractivity contribution is -0.116. The Morgan fingerprint density at radius 3 is 2.13 bits per heavy atom. The van der Waals surface area contributed by atoms with Crippen LogP contribution in [-0.4, -0.2) is 43.3 Å². The van der Waals surface area contributed by atoms with Gasteiger partial charge >= 0.3 is 0 Å². The topological polar surface area (TPSA) is 116 Å². The van der Waals surface area contributed by atoms with E-state index >= 15 is 0 Å². The van der Waals surface area contributed by atoms with Crippen molar-refractivity contribution in [2.45, 2.75) is 91.4 Å². The molecule has 38 heavy (non-hydrogen) atoms. The molecule has 0 aromatic heterocycles. The van der Waals surface area contributed by atoms with Gasteiger partial charge in [0.25, 0.3) is 15.9 Å². The molecule has 0 fully saturated rings. The maximum Gasteiger partial charge on any atom is 0.264 e. The molecule has 210 valence electrons. The van der Waals surface area contributed by atoms with E-state index in [9.17, 15) is 23.1 Å². The van der Waals surface area contributed by atoms with Crippen LogP contribution in [0.2, 0.25) is 0 Å². The van der Waals surface area contributed by atoms with Crippen LogP contribution in [0.4, 0.5) is 11.4 Å². The maximum atomic E-state index is 13.9. The van der Waals surface area contributed by atoms with E-state index in [4.69, 9.17) is 0 Å². The van der Waals surface area contributed by atoms with E-state index in [0.717, 1.165) is 12.0 Å². The lowest BCUT2D eigenvalue weighted by Crippen LogP contribution is -2.30. The summed E-state index contributed by atoms with van der Waals surface area (Å²) in [7, 11) is -4.20. The van der Waals surface area contributed by atoms with Gasteiger partial charge in [0, 0.05) is 19.5 Å². The first-order valence-electron chi connectivity index (χ1n) is 13.4. The molecule has 0 heterocycles. The molecule has 0 saturated heterocycles. The van der Waals surface area contributed by atoms with E-state index in [-0.39, 0.29) is 51.2 Å². The first kappa shape index (κ1) is 31.1. The second-order valence-electron chi connectivity index (χ2n) is 10.2. The zero-order valence-corrected chi connectivity index (χ0v) is 24.8. The lowest BCUT2D eigenvalue weighted by atomic mass is 9.94. The van der Waals surface area contributed by atoms with Crippen LogP contribution in [0.15, 0.2) is 29.2 Å². The zero-order chi connectivity index (χ0) is 28.8.